The van der Waals surface area contributed by atoms with Gasteiger partial charge in [0.2, 0.25) is 11.8 Å². The van der Waals surface area contributed by atoms with E-state index in [-0.39, 0.29) is 29.1 Å². The van der Waals surface area contributed by atoms with Crippen molar-refractivity contribution in [2.45, 2.75) is 50.7 Å². The van der Waals surface area contributed by atoms with Gasteiger partial charge in [-0.25, -0.2) is 8.42 Å². The van der Waals surface area contributed by atoms with Gasteiger partial charge in [-0.1, -0.05) is 54.9 Å². The molecule has 2 atom stereocenters. The molecule has 11 heteroatoms. The van der Waals surface area contributed by atoms with Crippen LogP contribution in [0, 0.1) is 0 Å². The molecule has 0 aliphatic carbocycles. The minimum atomic E-state index is -4.21. The Kier molecular flexibility index (Phi) is 11.0. The number of nitrogens with zero attached hydrogens (tertiary/aromatic N) is 2. The van der Waals surface area contributed by atoms with Gasteiger partial charge in [0.15, 0.2) is 11.5 Å². The van der Waals surface area contributed by atoms with Crippen LogP contribution in [0.4, 0.5) is 5.69 Å². The van der Waals surface area contributed by atoms with Crippen LogP contribution in [0.25, 0.3) is 0 Å². The first-order valence-electron chi connectivity index (χ1n) is 13.2. The fraction of sp³-hybridized carbons (Fsp3) is 0.333. The van der Waals surface area contributed by atoms with Gasteiger partial charge in [-0.05, 0) is 56.2 Å². The molecule has 0 heterocycles. The van der Waals surface area contributed by atoms with Crippen molar-refractivity contribution in [3.63, 3.8) is 0 Å². The molecule has 3 aromatic carbocycles. The molecule has 41 heavy (non-hydrogen) atoms. The van der Waals surface area contributed by atoms with E-state index in [0.717, 1.165) is 4.31 Å². The molecule has 1 N–H and O–H groups in total. The van der Waals surface area contributed by atoms with Gasteiger partial charge in [0, 0.05) is 23.7 Å². The number of anilines is 1. The average molecular weight is 602 g/mol. The summed E-state index contributed by atoms with van der Waals surface area (Å²) in [5.41, 5.74) is 0.809. The van der Waals surface area contributed by atoms with Crippen molar-refractivity contribution in [3.8, 4) is 11.5 Å². The average Bonchev–Trinajstić information content (AvgIpc) is 2.98. The summed E-state index contributed by atoms with van der Waals surface area (Å²) in [4.78, 5) is 28.5. The summed E-state index contributed by atoms with van der Waals surface area (Å²) in [5.74, 6) is -0.260. The third kappa shape index (κ3) is 7.71. The smallest absolute Gasteiger partial charge is 0.264 e. The Bertz CT molecular complexity index is 1450. The van der Waals surface area contributed by atoms with Crippen molar-refractivity contribution >= 4 is 39.1 Å². The molecule has 0 aliphatic heterocycles. The molecule has 0 bridgehead atoms. The zero-order valence-electron chi connectivity index (χ0n) is 23.8. The van der Waals surface area contributed by atoms with Crippen molar-refractivity contribution < 1.29 is 27.5 Å². The van der Waals surface area contributed by atoms with Gasteiger partial charge >= 0.3 is 0 Å². The summed E-state index contributed by atoms with van der Waals surface area (Å²) in [7, 11) is -1.31. The molecule has 3 aromatic rings. The molecule has 0 radical (unpaired) electrons. The number of rotatable bonds is 13. The zero-order chi connectivity index (χ0) is 30.2. The first-order chi connectivity index (χ1) is 19.5. The quantitative estimate of drug-likeness (QED) is 0.299. The standard InChI is InChI=1S/C30H36ClN3O6S/c1-6-21(2)32-30(36)22(3)33(19-23-12-10-11-15-26(23)31)29(35)20-34(41(37,38)25-13-8-7-9-14-25)24-16-17-27(39-4)28(18-24)40-5/h7-18,21-22H,6,19-20H2,1-5H3,(H,32,36)/t21-,22+/m1/s1. The van der Waals surface area contributed by atoms with Gasteiger partial charge in [-0.3, -0.25) is 13.9 Å². The lowest BCUT2D eigenvalue weighted by molar-refractivity contribution is -0.139. The van der Waals surface area contributed by atoms with Crippen LogP contribution in [0.2, 0.25) is 5.02 Å². The van der Waals surface area contributed by atoms with E-state index in [0.29, 0.717) is 28.5 Å². The van der Waals surface area contributed by atoms with E-state index in [1.54, 1.807) is 55.5 Å². The van der Waals surface area contributed by atoms with Crippen LogP contribution in [0.15, 0.2) is 77.7 Å². The van der Waals surface area contributed by atoms with E-state index in [4.69, 9.17) is 21.1 Å². The summed E-state index contributed by atoms with van der Waals surface area (Å²) < 4.78 is 39.6. The number of ether oxygens (including phenoxy) is 2. The molecule has 9 nitrogen and oxygen atoms in total. The molecule has 220 valence electrons. The Balaban J connectivity index is 2.08. The van der Waals surface area contributed by atoms with Gasteiger partial charge < -0.3 is 19.7 Å². The van der Waals surface area contributed by atoms with Gasteiger partial charge in [0.1, 0.15) is 12.6 Å². The minimum Gasteiger partial charge on any atom is -0.493 e. The van der Waals surface area contributed by atoms with Crippen molar-refractivity contribution in [2.24, 2.45) is 0 Å². The van der Waals surface area contributed by atoms with Gasteiger partial charge in [-0.2, -0.15) is 0 Å². The Morgan fingerprint density at radius 3 is 2.17 bits per heavy atom. The number of benzene rings is 3. The molecule has 0 aliphatic rings. The predicted molar refractivity (Wildman–Crippen MR) is 160 cm³/mol. The van der Waals surface area contributed by atoms with Crippen LogP contribution in [-0.4, -0.2) is 58.0 Å². The molecular weight excluding hydrogens is 566 g/mol. The summed E-state index contributed by atoms with van der Waals surface area (Å²) in [6.07, 6.45) is 0.708. The molecule has 0 unspecified atom stereocenters. The lowest BCUT2D eigenvalue weighted by atomic mass is 10.1. The largest absolute Gasteiger partial charge is 0.493 e. The lowest BCUT2D eigenvalue weighted by Crippen LogP contribution is -2.52. The summed E-state index contributed by atoms with van der Waals surface area (Å²) in [6.45, 7) is 4.84. The van der Waals surface area contributed by atoms with E-state index in [2.05, 4.69) is 5.32 Å². The van der Waals surface area contributed by atoms with Gasteiger partial charge in [0.25, 0.3) is 10.0 Å². The van der Waals surface area contributed by atoms with Gasteiger partial charge in [0.05, 0.1) is 24.8 Å². The molecule has 0 spiro atoms. The van der Waals surface area contributed by atoms with E-state index in [1.807, 2.05) is 13.8 Å². The van der Waals surface area contributed by atoms with E-state index < -0.39 is 28.5 Å². The monoisotopic (exact) mass is 601 g/mol. The summed E-state index contributed by atoms with van der Waals surface area (Å²) >= 11 is 6.41. The SMILES string of the molecule is CC[C@@H](C)NC(=O)[C@H](C)N(Cc1ccccc1Cl)C(=O)CN(c1ccc(OC)c(OC)c1)S(=O)(=O)c1ccccc1. The number of methoxy groups -OCH3 is 2. The third-order valence-electron chi connectivity index (χ3n) is 6.73. The second-order valence-corrected chi connectivity index (χ2v) is 11.7. The number of carbonyl (C=O) groups excluding carboxylic acids is 2. The van der Waals surface area contributed by atoms with E-state index in [1.165, 1.54) is 43.4 Å². The third-order valence-corrected chi connectivity index (χ3v) is 8.89. The number of hydrogen-bond donors (Lipinski definition) is 1. The van der Waals surface area contributed by atoms with E-state index in [9.17, 15) is 18.0 Å². The minimum absolute atomic E-state index is 0.00123. The van der Waals surface area contributed by atoms with E-state index >= 15 is 0 Å². The Morgan fingerprint density at radius 2 is 1.56 bits per heavy atom. The van der Waals surface area contributed by atoms with Crippen LogP contribution in [-0.2, 0) is 26.2 Å². The number of sulfonamides is 1. The van der Waals surface area contributed by atoms with Crippen molar-refractivity contribution in [2.75, 3.05) is 25.1 Å². The van der Waals surface area contributed by atoms with Crippen molar-refractivity contribution in [3.05, 3.63) is 83.4 Å². The van der Waals surface area contributed by atoms with Crippen molar-refractivity contribution in [1.29, 1.82) is 0 Å². The van der Waals surface area contributed by atoms with Crippen molar-refractivity contribution in [1.82, 2.24) is 10.2 Å². The summed E-state index contributed by atoms with van der Waals surface area (Å²) in [5, 5.41) is 3.33. The highest BCUT2D eigenvalue weighted by Gasteiger charge is 2.33. The molecule has 3 rings (SSSR count). The fourth-order valence-corrected chi connectivity index (χ4v) is 5.71. The number of hydrogen-bond acceptors (Lipinski definition) is 6. The molecule has 0 fully saturated rings. The lowest BCUT2D eigenvalue weighted by Gasteiger charge is -2.32. The van der Waals surface area contributed by atoms with Crippen LogP contribution >= 0.6 is 11.6 Å². The Labute approximate surface area is 247 Å². The normalized spacial score (nSPS) is 12.6. The Morgan fingerprint density at radius 1 is 0.927 bits per heavy atom. The predicted octanol–water partition coefficient (Wildman–Crippen LogP) is 4.88. The second-order valence-electron chi connectivity index (χ2n) is 9.47. The van der Waals surface area contributed by atoms with Crippen LogP contribution in [0.1, 0.15) is 32.8 Å². The maximum Gasteiger partial charge on any atom is 0.264 e. The highest BCUT2D eigenvalue weighted by atomic mass is 35.5. The summed E-state index contributed by atoms with van der Waals surface area (Å²) in [6, 6.07) is 18.4. The maximum absolute atomic E-state index is 14.0. The number of nitrogens with one attached hydrogen (secondary N) is 1. The van der Waals surface area contributed by atoms with Crippen LogP contribution in [0.3, 0.4) is 0 Å². The molecular formula is C30H36ClN3O6S. The number of halogens is 1. The Hall–Kier alpha value is -3.76. The molecule has 0 aromatic heterocycles. The fourth-order valence-electron chi connectivity index (χ4n) is 4.09. The first kappa shape index (κ1) is 31.8. The second kappa shape index (κ2) is 14.2. The van der Waals surface area contributed by atoms with Gasteiger partial charge in [-0.15, -0.1) is 0 Å². The molecule has 2 amide bonds. The molecule has 0 saturated carbocycles. The first-order valence-corrected chi connectivity index (χ1v) is 15.0. The number of carbonyl (C=O) groups is 2. The zero-order valence-corrected chi connectivity index (χ0v) is 25.4. The highest BCUT2D eigenvalue weighted by molar-refractivity contribution is 7.92. The number of amides is 2. The topological polar surface area (TPSA) is 105 Å². The highest BCUT2D eigenvalue weighted by Crippen LogP contribution is 2.34. The molecule has 0 saturated heterocycles. The van der Waals surface area contributed by atoms with Crippen LogP contribution in [0.5, 0.6) is 11.5 Å². The van der Waals surface area contributed by atoms with Crippen LogP contribution < -0.4 is 19.1 Å². The maximum atomic E-state index is 14.0.